The maximum Gasteiger partial charge on any atom is -0.0253 e. The van der Waals surface area contributed by atoms with E-state index in [9.17, 15) is 0 Å². The molecular formula is C33H28Cl2Hf-2. The molecule has 0 N–H and O–H groups in total. The fourth-order valence-electron chi connectivity index (χ4n) is 4.09. The molecule has 180 valence electrons. The Kier molecular flexibility index (Phi) is 12.4. The summed E-state index contributed by atoms with van der Waals surface area (Å²) in [6.07, 6.45) is 1.05. The summed E-state index contributed by atoms with van der Waals surface area (Å²) in [7, 11) is 0. The normalized spacial score (nSPS) is 10.1. The number of hydrogen-bond donors (Lipinski definition) is 0. The zero-order valence-electron chi connectivity index (χ0n) is 20.5. The molecule has 0 amide bonds. The van der Waals surface area contributed by atoms with Crippen molar-refractivity contribution in [3.05, 3.63) is 161 Å². The van der Waals surface area contributed by atoms with E-state index < -0.39 is 0 Å². The van der Waals surface area contributed by atoms with Crippen LogP contribution in [0.1, 0.15) is 33.4 Å². The first-order valence-corrected chi connectivity index (χ1v) is 13.4. The molecule has 0 spiro atoms. The van der Waals surface area contributed by atoms with E-state index >= 15 is 0 Å². The smallest absolute Gasteiger partial charge is 0.0253 e. The molecule has 1 aliphatic rings. The van der Waals surface area contributed by atoms with Gasteiger partial charge in [-0.2, -0.15) is 47.5 Å². The Labute approximate surface area is 242 Å². The van der Waals surface area contributed by atoms with E-state index in [-0.39, 0.29) is 24.8 Å². The second kappa shape index (κ2) is 15.0. The minimum Gasteiger partial charge on any atom is -0.179 e. The van der Waals surface area contributed by atoms with Gasteiger partial charge in [-0.15, -0.1) is 5.56 Å². The summed E-state index contributed by atoms with van der Waals surface area (Å²) in [5, 5.41) is 0. The zero-order chi connectivity index (χ0) is 23.8. The molecule has 0 unspecified atom stereocenters. The largest absolute Gasteiger partial charge is 0.179 e. The quantitative estimate of drug-likeness (QED) is 0.195. The number of benzene rings is 4. The molecule has 0 heterocycles. The molecule has 5 aromatic carbocycles. The molecular weight excluding hydrogens is 646 g/mol. The minimum absolute atomic E-state index is 0. The van der Waals surface area contributed by atoms with E-state index in [2.05, 4.69) is 135 Å². The molecule has 1 aliphatic carbocycles. The molecule has 0 bridgehead atoms. The van der Waals surface area contributed by atoms with Gasteiger partial charge in [0.05, 0.1) is 0 Å². The van der Waals surface area contributed by atoms with Gasteiger partial charge < -0.3 is 24.8 Å². The van der Waals surface area contributed by atoms with Crippen molar-refractivity contribution in [2.75, 3.05) is 0 Å². The topological polar surface area (TPSA) is 0 Å². The summed E-state index contributed by atoms with van der Waals surface area (Å²) in [5.41, 5.74) is 10.9. The molecule has 3 heteroatoms. The fraction of sp³-hybridized carbons (Fsp3) is 0.0909. The minimum atomic E-state index is 0. The van der Waals surface area contributed by atoms with E-state index in [1.165, 1.54) is 47.8 Å². The maximum atomic E-state index is 3.30. The predicted molar refractivity (Wildman–Crippen MR) is 141 cm³/mol. The van der Waals surface area contributed by atoms with Gasteiger partial charge in [0, 0.05) is 0 Å². The van der Waals surface area contributed by atoms with Gasteiger partial charge in [0.1, 0.15) is 0 Å². The van der Waals surface area contributed by atoms with Gasteiger partial charge in [-0.25, -0.2) is 11.6 Å². The third-order valence-corrected chi connectivity index (χ3v) is 7.88. The number of fused-ring (bicyclic) bond motifs is 3. The van der Waals surface area contributed by atoms with Crippen LogP contribution < -0.4 is 24.8 Å². The van der Waals surface area contributed by atoms with Crippen molar-refractivity contribution in [1.82, 2.24) is 0 Å². The van der Waals surface area contributed by atoms with Crippen molar-refractivity contribution in [3.63, 3.8) is 0 Å². The SMILES string of the molecule is Cc1c[cH-]c(C)c1.[Cl-].[Cl-].[Hf+2]=[C](c1ccccc1)c1ccccc1.[c-]1cccc2c1Cc1ccccc1-2. The summed E-state index contributed by atoms with van der Waals surface area (Å²) in [5.74, 6) is 0. The molecule has 0 atom stereocenters. The van der Waals surface area contributed by atoms with Gasteiger partial charge in [0.25, 0.3) is 0 Å². The number of aryl methyl sites for hydroxylation is 2. The first-order valence-electron chi connectivity index (χ1n) is 11.6. The number of halogens is 2. The number of rotatable bonds is 2. The van der Waals surface area contributed by atoms with Crippen LogP contribution in [-0.2, 0) is 30.3 Å². The Morgan fingerprint density at radius 3 is 1.81 bits per heavy atom. The van der Waals surface area contributed by atoms with Crippen LogP contribution in [0.5, 0.6) is 0 Å². The molecule has 0 nitrogen and oxygen atoms in total. The summed E-state index contributed by atoms with van der Waals surface area (Å²) in [6.45, 7) is 4.21. The van der Waals surface area contributed by atoms with Crippen molar-refractivity contribution in [2.45, 2.75) is 20.3 Å². The summed E-state index contributed by atoms with van der Waals surface area (Å²) in [6, 6.07) is 45.7. The Hall–Kier alpha value is -2.45. The Balaban J connectivity index is 0.000000194. The second-order valence-corrected chi connectivity index (χ2v) is 10.3. The maximum absolute atomic E-state index is 3.30. The molecule has 0 saturated carbocycles. The first-order chi connectivity index (χ1) is 16.6. The van der Waals surface area contributed by atoms with Gasteiger partial charge >= 0.3 is 98.9 Å². The van der Waals surface area contributed by atoms with Crippen molar-refractivity contribution in [2.24, 2.45) is 0 Å². The zero-order valence-corrected chi connectivity index (χ0v) is 25.6. The molecule has 0 radical (unpaired) electrons. The number of hydrogen-bond acceptors (Lipinski definition) is 0. The van der Waals surface area contributed by atoms with E-state index in [0.717, 1.165) is 30.3 Å². The average molecular weight is 674 g/mol. The van der Waals surface area contributed by atoms with Crippen LogP contribution >= 0.6 is 0 Å². The van der Waals surface area contributed by atoms with E-state index in [4.69, 9.17) is 0 Å². The van der Waals surface area contributed by atoms with Crippen LogP contribution in [0.4, 0.5) is 0 Å². The van der Waals surface area contributed by atoms with Gasteiger partial charge in [-0.3, -0.25) is 0 Å². The Morgan fingerprint density at radius 2 is 1.28 bits per heavy atom. The van der Waals surface area contributed by atoms with Crippen LogP contribution in [-0.4, -0.2) is 3.26 Å². The summed E-state index contributed by atoms with van der Waals surface area (Å²) >= 11 is 1.08. The van der Waals surface area contributed by atoms with Crippen LogP contribution in [0.2, 0.25) is 0 Å². The molecule has 0 aromatic heterocycles. The van der Waals surface area contributed by atoms with Gasteiger partial charge in [-0.05, 0) is 6.42 Å². The fourth-order valence-corrected chi connectivity index (χ4v) is 5.29. The Morgan fingerprint density at radius 1 is 0.722 bits per heavy atom. The van der Waals surface area contributed by atoms with Crippen LogP contribution in [0.3, 0.4) is 0 Å². The first kappa shape index (κ1) is 29.8. The van der Waals surface area contributed by atoms with Gasteiger partial charge in [0.15, 0.2) is 0 Å². The molecule has 36 heavy (non-hydrogen) atoms. The summed E-state index contributed by atoms with van der Waals surface area (Å²) < 4.78 is 1.46. The van der Waals surface area contributed by atoms with Gasteiger partial charge in [0.2, 0.25) is 0 Å². The molecule has 0 saturated heterocycles. The molecule has 6 rings (SSSR count). The van der Waals surface area contributed by atoms with Crippen molar-refractivity contribution in [1.29, 1.82) is 0 Å². The van der Waals surface area contributed by atoms with E-state index in [1.807, 2.05) is 6.07 Å². The van der Waals surface area contributed by atoms with E-state index in [1.54, 1.807) is 0 Å². The van der Waals surface area contributed by atoms with Crippen LogP contribution in [0.25, 0.3) is 11.1 Å². The predicted octanol–water partition coefficient (Wildman–Crippen LogP) is 1.89. The second-order valence-electron chi connectivity index (χ2n) is 8.47. The molecule has 0 aliphatic heterocycles. The summed E-state index contributed by atoms with van der Waals surface area (Å²) in [4.78, 5) is 0. The van der Waals surface area contributed by atoms with Gasteiger partial charge in [-0.1, -0.05) is 49.2 Å². The van der Waals surface area contributed by atoms with Crippen molar-refractivity contribution < 1.29 is 48.7 Å². The third-order valence-electron chi connectivity index (χ3n) is 5.81. The Bertz CT molecular complexity index is 1250. The third kappa shape index (κ3) is 8.03. The van der Waals surface area contributed by atoms with E-state index in [0.29, 0.717) is 0 Å². The van der Waals surface area contributed by atoms with Crippen molar-refractivity contribution in [3.8, 4) is 11.1 Å². The monoisotopic (exact) mass is 674 g/mol. The van der Waals surface area contributed by atoms with Crippen LogP contribution in [0.15, 0.2) is 121 Å². The molecule has 0 fully saturated rings. The van der Waals surface area contributed by atoms with Crippen LogP contribution in [0, 0.1) is 19.9 Å². The standard InChI is InChI=1S/C13H9.C13H10.C7H9.2ClH.Hf/c1-3-7-12-10(5-1)9-11-6-2-4-8-13(11)12;1-3-7-12(8-4-1)11-13-9-5-2-6-10-13;1-6-3-4-7(2)5-6;;;/h1-5,7-8H,9H2;1-10H;3-5H,1-2H3;2*1H;/q-1;;-1;;;+2/p-2. The van der Waals surface area contributed by atoms with Crippen molar-refractivity contribution >= 4 is 3.26 Å². The average Bonchev–Trinajstić information content (AvgIpc) is 3.47. The molecule has 5 aromatic rings.